The van der Waals surface area contributed by atoms with Crippen molar-refractivity contribution in [2.45, 2.75) is 44.9 Å². The lowest BCUT2D eigenvalue weighted by Crippen LogP contribution is -2.42. The van der Waals surface area contributed by atoms with Crippen LogP contribution in [-0.2, 0) is 10.2 Å². The first-order chi connectivity index (χ1) is 13.1. The lowest BCUT2D eigenvalue weighted by atomic mass is 9.77. The van der Waals surface area contributed by atoms with Gasteiger partial charge in [-0.1, -0.05) is 55.8 Å². The molecule has 146 valence electrons. The van der Waals surface area contributed by atoms with E-state index in [1.165, 1.54) is 48.7 Å². The van der Waals surface area contributed by atoms with Crippen molar-refractivity contribution in [3.8, 4) is 0 Å². The molecule has 1 N–H and O–H groups in total. The van der Waals surface area contributed by atoms with Crippen LogP contribution in [0, 0.1) is 0 Å². The lowest BCUT2D eigenvalue weighted by molar-refractivity contribution is 0.147. The normalized spacial score (nSPS) is 17.4. The van der Waals surface area contributed by atoms with Crippen molar-refractivity contribution in [2.75, 3.05) is 32.8 Å². The van der Waals surface area contributed by atoms with Gasteiger partial charge < -0.3 is 15.0 Å². The Balaban J connectivity index is 1.84. The first-order valence-corrected chi connectivity index (χ1v) is 10.2. The van der Waals surface area contributed by atoms with Gasteiger partial charge in [-0.2, -0.15) is 0 Å². The van der Waals surface area contributed by atoms with Crippen LogP contribution in [0.1, 0.15) is 45.1 Å². The average Bonchev–Trinajstić information content (AvgIpc) is 2.71. The topological polar surface area (TPSA) is 41.6 Å². The number of piperidine rings is 1. The molecule has 1 amide bonds. The van der Waals surface area contributed by atoms with Crippen LogP contribution in [-0.4, -0.2) is 43.8 Å². The maximum Gasteiger partial charge on any atom is 0.407 e. The number of nitrogens with one attached hydrogen (secondary N) is 1. The summed E-state index contributed by atoms with van der Waals surface area (Å²) in [5.74, 6) is 0. The van der Waals surface area contributed by atoms with Crippen LogP contribution >= 0.6 is 0 Å². The zero-order valence-electron chi connectivity index (χ0n) is 16.7. The molecule has 4 heteroatoms. The molecular formula is C23H32N2O2. The molecule has 0 aliphatic carbocycles. The fourth-order valence-corrected chi connectivity index (χ4v) is 4.11. The van der Waals surface area contributed by atoms with Crippen LogP contribution in [0.25, 0.3) is 10.8 Å². The molecular weight excluding hydrogens is 336 g/mol. The Labute approximate surface area is 162 Å². The molecule has 2 aromatic rings. The van der Waals surface area contributed by atoms with Crippen molar-refractivity contribution in [1.29, 1.82) is 0 Å². The van der Waals surface area contributed by atoms with E-state index in [1.807, 2.05) is 6.92 Å². The summed E-state index contributed by atoms with van der Waals surface area (Å²) in [5.41, 5.74) is 1.15. The Morgan fingerprint density at radius 3 is 2.63 bits per heavy atom. The summed E-state index contributed by atoms with van der Waals surface area (Å²) < 4.78 is 5.09. The monoisotopic (exact) mass is 368 g/mol. The Bertz CT molecular complexity index is 750. The Hall–Kier alpha value is -2.07. The SMILES string of the molecule is CCOC(=O)NCC(C)(CCN1CCCCC1)c1cccc2ccccc12. The third-order valence-corrected chi connectivity index (χ3v) is 5.77. The fraction of sp³-hybridized carbons (Fsp3) is 0.522. The van der Waals surface area contributed by atoms with Crippen LogP contribution in [0.4, 0.5) is 4.79 Å². The van der Waals surface area contributed by atoms with Crippen LogP contribution in [0.5, 0.6) is 0 Å². The minimum Gasteiger partial charge on any atom is -0.450 e. The van der Waals surface area contributed by atoms with E-state index < -0.39 is 0 Å². The molecule has 1 aliphatic heterocycles. The number of hydrogen-bond donors (Lipinski definition) is 1. The molecule has 0 radical (unpaired) electrons. The number of fused-ring (bicyclic) bond motifs is 1. The number of rotatable bonds is 7. The molecule has 4 nitrogen and oxygen atoms in total. The number of carbonyl (C=O) groups excluding carboxylic acids is 1. The van der Waals surface area contributed by atoms with Crippen LogP contribution in [0.15, 0.2) is 42.5 Å². The number of carbonyl (C=O) groups is 1. The molecule has 2 aromatic carbocycles. The smallest absolute Gasteiger partial charge is 0.407 e. The highest BCUT2D eigenvalue weighted by Crippen LogP contribution is 2.33. The van der Waals surface area contributed by atoms with Gasteiger partial charge in [-0.3, -0.25) is 0 Å². The van der Waals surface area contributed by atoms with Gasteiger partial charge in [0.05, 0.1) is 6.61 Å². The summed E-state index contributed by atoms with van der Waals surface area (Å²) in [5, 5.41) is 5.51. The average molecular weight is 369 g/mol. The second-order valence-corrected chi connectivity index (χ2v) is 7.81. The van der Waals surface area contributed by atoms with Gasteiger partial charge in [0, 0.05) is 12.0 Å². The van der Waals surface area contributed by atoms with Gasteiger partial charge in [-0.05, 0) is 62.2 Å². The maximum atomic E-state index is 11.9. The standard InChI is InChI=1S/C23H32N2O2/c1-3-27-22(26)24-18-23(2,14-17-25-15-7-4-8-16-25)21-13-9-11-19-10-5-6-12-20(19)21/h5-6,9-13H,3-4,7-8,14-18H2,1-2H3,(H,24,26). The molecule has 3 rings (SSSR count). The number of likely N-dealkylation sites (tertiary alicyclic amines) is 1. The highest BCUT2D eigenvalue weighted by atomic mass is 16.5. The number of amides is 1. The van der Waals surface area contributed by atoms with Gasteiger partial charge in [0.15, 0.2) is 0 Å². The first kappa shape index (κ1) is 19.7. The zero-order chi connectivity index (χ0) is 19.1. The molecule has 1 unspecified atom stereocenters. The maximum absolute atomic E-state index is 11.9. The van der Waals surface area contributed by atoms with E-state index in [2.05, 4.69) is 59.6 Å². The minimum absolute atomic E-state index is 0.148. The van der Waals surface area contributed by atoms with E-state index in [9.17, 15) is 4.79 Å². The largest absolute Gasteiger partial charge is 0.450 e. The van der Waals surface area contributed by atoms with Gasteiger partial charge in [0.25, 0.3) is 0 Å². The number of benzene rings is 2. The van der Waals surface area contributed by atoms with Crippen molar-refractivity contribution in [3.05, 3.63) is 48.0 Å². The van der Waals surface area contributed by atoms with Gasteiger partial charge in [0.1, 0.15) is 0 Å². The molecule has 0 saturated carbocycles. The lowest BCUT2D eigenvalue weighted by Gasteiger charge is -2.35. The van der Waals surface area contributed by atoms with E-state index in [0.29, 0.717) is 13.2 Å². The van der Waals surface area contributed by atoms with Gasteiger partial charge in [-0.15, -0.1) is 0 Å². The van der Waals surface area contributed by atoms with Crippen LogP contribution in [0.2, 0.25) is 0 Å². The Morgan fingerprint density at radius 2 is 1.85 bits per heavy atom. The van der Waals surface area contributed by atoms with E-state index in [4.69, 9.17) is 4.74 Å². The molecule has 1 heterocycles. The molecule has 0 aromatic heterocycles. The summed E-state index contributed by atoms with van der Waals surface area (Å²) >= 11 is 0. The van der Waals surface area contributed by atoms with Crippen molar-refractivity contribution in [1.82, 2.24) is 10.2 Å². The van der Waals surface area contributed by atoms with E-state index in [-0.39, 0.29) is 11.5 Å². The van der Waals surface area contributed by atoms with Crippen molar-refractivity contribution in [2.24, 2.45) is 0 Å². The third kappa shape index (κ3) is 5.01. The molecule has 0 spiro atoms. The van der Waals surface area contributed by atoms with Crippen LogP contribution < -0.4 is 5.32 Å². The van der Waals surface area contributed by atoms with E-state index in [0.717, 1.165) is 13.0 Å². The summed E-state index contributed by atoms with van der Waals surface area (Å²) in [6, 6.07) is 15.0. The molecule has 1 aliphatic rings. The third-order valence-electron chi connectivity index (χ3n) is 5.77. The predicted molar refractivity (Wildman–Crippen MR) is 111 cm³/mol. The van der Waals surface area contributed by atoms with Crippen molar-refractivity contribution >= 4 is 16.9 Å². The summed E-state index contributed by atoms with van der Waals surface area (Å²) in [7, 11) is 0. The number of alkyl carbamates (subject to hydrolysis) is 1. The minimum atomic E-state index is -0.332. The highest BCUT2D eigenvalue weighted by molar-refractivity contribution is 5.86. The summed E-state index contributed by atoms with van der Waals surface area (Å²) in [4.78, 5) is 14.5. The predicted octanol–water partition coefficient (Wildman–Crippen LogP) is 4.72. The molecule has 1 saturated heterocycles. The molecule has 0 bridgehead atoms. The van der Waals surface area contributed by atoms with Crippen molar-refractivity contribution < 1.29 is 9.53 Å². The zero-order valence-corrected chi connectivity index (χ0v) is 16.7. The second-order valence-electron chi connectivity index (χ2n) is 7.81. The first-order valence-electron chi connectivity index (χ1n) is 10.2. The van der Waals surface area contributed by atoms with Crippen molar-refractivity contribution in [3.63, 3.8) is 0 Å². The molecule has 27 heavy (non-hydrogen) atoms. The highest BCUT2D eigenvalue weighted by Gasteiger charge is 2.30. The summed E-state index contributed by atoms with van der Waals surface area (Å²) in [6.07, 6.45) is 4.62. The van der Waals surface area contributed by atoms with E-state index in [1.54, 1.807) is 0 Å². The Kier molecular flexibility index (Phi) is 6.73. The summed E-state index contributed by atoms with van der Waals surface area (Å²) in [6.45, 7) is 8.52. The molecule has 1 fully saturated rings. The number of nitrogens with zero attached hydrogens (tertiary/aromatic N) is 1. The van der Waals surface area contributed by atoms with Gasteiger partial charge in [0.2, 0.25) is 0 Å². The van der Waals surface area contributed by atoms with Gasteiger partial charge >= 0.3 is 6.09 Å². The quantitative estimate of drug-likeness (QED) is 0.769. The van der Waals surface area contributed by atoms with Crippen LogP contribution in [0.3, 0.4) is 0 Å². The van der Waals surface area contributed by atoms with Gasteiger partial charge in [-0.25, -0.2) is 4.79 Å². The van der Waals surface area contributed by atoms with E-state index >= 15 is 0 Å². The number of hydrogen-bond acceptors (Lipinski definition) is 3. The molecule has 1 atom stereocenters. The second kappa shape index (κ2) is 9.23. The fourth-order valence-electron chi connectivity index (χ4n) is 4.11. The number of ether oxygens (including phenoxy) is 1. The Morgan fingerprint density at radius 1 is 1.11 bits per heavy atom.